The molecule has 0 saturated carbocycles. The highest BCUT2D eigenvalue weighted by atomic mass is 16.5. The lowest BCUT2D eigenvalue weighted by atomic mass is 10.1. The minimum absolute atomic E-state index is 0.0878. The Morgan fingerprint density at radius 2 is 1.77 bits per heavy atom. The fourth-order valence-corrected chi connectivity index (χ4v) is 3.57. The molecule has 1 atom stereocenters. The van der Waals surface area contributed by atoms with Crippen molar-refractivity contribution in [2.45, 2.75) is 25.9 Å². The lowest BCUT2D eigenvalue weighted by Crippen LogP contribution is -2.51. The van der Waals surface area contributed by atoms with Crippen LogP contribution in [0.2, 0.25) is 0 Å². The monoisotopic (exact) mass is 414 g/mol. The van der Waals surface area contributed by atoms with Crippen molar-refractivity contribution in [3.63, 3.8) is 0 Å². The molecule has 3 rings (SSSR count). The predicted molar refractivity (Wildman–Crippen MR) is 115 cm³/mol. The van der Waals surface area contributed by atoms with Crippen LogP contribution < -0.4 is 20.3 Å². The van der Waals surface area contributed by atoms with Crippen LogP contribution >= 0.6 is 0 Å². The molecule has 162 valence electrons. The van der Waals surface area contributed by atoms with Gasteiger partial charge in [0.25, 0.3) is 0 Å². The van der Waals surface area contributed by atoms with Crippen molar-refractivity contribution in [3.05, 3.63) is 48.4 Å². The molecule has 1 aliphatic rings. The molecule has 0 bridgehead atoms. The smallest absolute Gasteiger partial charge is 0.309 e. The molecular formula is C22H30N4O4. The van der Waals surface area contributed by atoms with Gasteiger partial charge < -0.3 is 24.7 Å². The molecule has 0 radical (unpaired) electrons. The molecule has 8 heteroatoms. The van der Waals surface area contributed by atoms with Gasteiger partial charge in [0.1, 0.15) is 11.5 Å². The van der Waals surface area contributed by atoms with Gasteiger partial charge in [-0.1, -0.05) is 0 Å². The third-order valence-electron chi connectivity index (χ3n) is 5.15. The first-order valence-corrected chi connectivity index (χ1v) is 10.2. The molecule has 2 N–H and O–H groups in total. The van der Waals surface area contributed by atoms with Gasteiger partial charge in [0.15, 0.2) is 0 Å². The van der Waals surface area contributed by atoms with E-state index in [9.17, 15) is 9.59 Å². The maximum Gasteiger partial charge on any atom is 0.309 e. The minimum atomic E-state index is -0.628. The standard InChI is InChI=1S/C22H30N4O4/c1-16(2)24-22(28)21(27)23-15-19(20-5-4-14-30-20)26-12-10-25(11-13-26)17-6-8-18(29-3)9-7-17/h4-9,14,16,19H,10-13,15H2,1-3H3,(H,23,27)(H,24,28). The average molecular weight is 415 g/mol. The first-order valence-electron chi connectivity index (χ1n) is 10.2. The van der Waals surface area contributed by atoms with E-state index in [-0.39, 0.29) is 12.1 Å². The second-order valence-corrected chi connectivity index (χ2v) is 7.59. The van der Waals surface area contributed by atoms with E-state index >= 15 is 0 Å². The van der Waals surface area contributed by atoms with Crippen LogP contribution in [0.5, 0.6) is 5.75 Å². The fourth-order valence-electron chi connectivity index (χ4n) is 3.57. The summed E-state index contributed by atoms with van der Waals surface area (Å²) in [6, 6.07) is 11.6. The minimum Gasteiger partial charge on any atom is -0.497 e. The third-order valence-corrected chi connectivity index (χ3v) is 5.15. The number of nitrogens with zero attached hydrogens (tertiary/aromatic N) is 2. The zero-order valence-electron chi connectivity index (χ0n) is 17.8. The Labute approximate surface area is 177 Å². The predicted octanol–water partition coefficient (Wildman–Crippen LogP) is 1.79. The summed E-state index contributed by atoms with van der Waals surface area (Å²) in [5, 5.41) is 5.36. The maximum absolute atomic E-state index is 12.1. The van der Waals surface area contributed by atoms with E-state index in [1.165, 1.54) is 0 Å². The summed E-state index contributed by atoms with van der Waals surface area (Å²) in [6.07, 6.45) is 1.63. The molecule has 1 aliphatic heterocycles. The van der Waals surface area contributed by atoms with E-state index in [1.807, 2.05) is 38.1 Å². The first kappa shape index (κ1) is 21.7. The summed E-state index contributed by atoms with van der Waals surface area (Å²) in [5.41, 5.74) is 1.16. The number of piperazine rings is 1. The van der Waals surface area contributed by atoms with E-state index in [0.29, 0.717) is 6.54 Å². The molecule has 1 fully saturated rings. The van der Waals surface area contributed by atoms with E-state index < -0.39 is 11.8 Å². The largest absolute Gasteiger partial charge is 0.497 e. The molecule has 0 aliphatic carbocycles. The highest BCUT2D eigenvalue weighted by molar-refractivity contribution is 6.35. The number of benzene rings is 1. The summed E-state index contributed by atoms with van der Waals surface area (Å²) < 4.78 is 10.9. The Hall–Kier alpha value is -3.00. The summed E-state index contributed by atoms with van der Waals surface area (Å²) >= 11 is 0. The van der Waals surface area contributed by atoms with Gasteiger partial charge in [0, 0.05) is 44.5 Å². The number of rotatable bonds is 7. The van der Waals surface area contributed by atoms with E-state index in [2.05, 4.69) is 32.6 Å². The van der Waals surface area contributed by atoms with Gasteiger partial charge in [-0.2, -0.15) is 0 Å². The second-order valence-electron chi connectivity index (χ2n) is 7.59. The zero-order chi connectivity index (χ0) is 21.5. The average Bonchev–Trinajstić information content (AvgIpc) is 3.28. The zero-order valence-corrected chi connectivity index (χ0v) is 17.8. The Morgan fingerprint density at radius 3 is 2.33 bits per heavy atom. The molecule has 1 saturated heterocycles. The van der Waals surface area contributed by atoms with E-state index in [4.69, 9.17) is 9.15 Å². The summed E-state index contributed by atoms with van der Waals surface area (Å²) in [5.74, 6) is 0.370. The van der Waals surface area contributed by atoms with E-state index in [0.717, 1.165) is 43.4 Å². The van der Waals surface area contributed by atoms with Gasteiger partial charge in [0.05, 0.1) is 19.4 Å². The van der Waals surface area contributed by atoms with Crippen LogP contribution in [0.15, 0.2) is 47.1 Å². The molecule has 0 spiro atoms. The van der Waals surface area contributed by atoms with Crippen LogP contribution in [0.3, 0.4) is 0 Å². The fraction of sp³-hybridized carbons (Fsp3) is 0.455. The number of methoxy groups -OCH3 is 1. The third kappa shape index (κ3) is 5.54. The van der Waals surface area contributed by atoms with Crippen LogP contribution in [0.4, 0.5) is 5.69 Å². The molecule has 30 heavy (non-hydrogen) atoms. The topological polar surface area (TPSA) is 87.0 Å². The van der Waals surface area contributed by atoms with Crippen molar-refractivity contribution in [2.75, 3.05) is 44.7 Å². The number of ether oxygens (including phenoxy) is 1. The molecule has 8 nitrogen and oxygen atoms in total. The normalized spacial score (nSPS) is 15.7. The maximum atomic E-state index is 12.1. The number of anilines is 1. The molecule has 1 aromatic carbocycles. The van der Waals surface area contributed by atoms with E-state index in [1.54, 1.807) is 13.4 Å². The lowest BCUT2D eigenvalue weighted by molar-refractivity contribution is -0.139. The van der Waals surface area contributed by atoms with Crippen LogP contribution in [-0.2, 0) is 9.59 Å². The van der Waals surface area contributed by atoms with Crippen LogP contribution in [-0.4, -0.2) is 62.6 Å². The van der Waals surface area contributed by atoms with Crippen LogP contribution in [0, 0.1) is 0 Å². The molecule has 1 unspecified atom stereocenters. The lowest BCUT2D eigenvalue weighted by Gasteiger charge is -2.39. The van der Waals surface area contributed by atoms with Crippen molar-refractivity contribution < 1.29 is 18.7 Å². The van der Waals surface area contributed by atoms with Crippen LogP contribution in [0.25, 0.3) is 0 Å². The number of hydrogen-bond donors (Lipinski definition) is 2. The van der Waals surface area contributed by atoms with Crippen molar-refractivity contribution in [3.8, 4) is 5.75 Å². The van der Waals surface area contributed by atoms with Gasteiger partial charge in [-0.25, -0.2) is 0 Å². The summed E-state index contributed by atoms with van der Waals surface area (Å²) in [6.45, 7) is 7.27. The van der Waals surface area contributed by atoms with Crippen molar-refractivity contribution in [1.29, 1.82) is 0 Å². The van der Waals surface area contributed by atoms with Crippen molar-refractivity contribution in [2.24, 2.45) is 0 Å². The van der Waals surface area contributed by atoms with Crippen molar-refractivity contribution in [1.82, 2.24) is 15.5 Å². The Balaban J connectivity index is 1.60. The van der Waals surface area contributed by atoms with Gasteiger partial charge in [-0.3, -0.25) is 14.5 Å². The molecule has 2 amide bonds. The summed E-state index contributed by atoms with van der Waals surface area (Å²) in [4.78, 5) is 28.6. The van der Waals surface area contributed by atoms with Gasteiger partial charge in [-0.05, 0) is 50.2 Å². The Kier molecular flexibility index (Phi) is 7.35. The molecule has 1 aromatic heterocycles. The highest BCUT2D eigenvalue weighted by Crippen LogP contribution is 2.25. The Morgan fingerprint density at radius 1 is 1.07 bits per heavy atom. The highest BCUT2D eigenvalue weighted by Gasteiger charge is 2.28. The quantitative estimate of drug-likeness (QED) is 0.672. The van der Waals surface area contributed by atoms with Crippen LogP contribution in [0.1, 0.15) is 25.6 Å². The number of furan rings is 1. The Bertz CT molecular complexity index is 812. The summed E-state index contributed by atoms with van der Waals surface area (Å²) in [7, 11) is 1.66. The number of amides is 2. The SMILES string of the molecule is COc1ccc(N2CCN(C(CNC(=O)C(=O)NC(C)C)c3ccco3)CC2)cc1. The molecule has 2 heterocycles. The first-order chi connectivity index (χ1) is 14.5. The molecule has 2 aromatic rings. The number of carbonyl (C=O) groups is 2. The molecular weight excluding hydrogens is 384 g/mol. The van der Waals surface area contributed by atoms with Gasteiger partial charge in [-0.15, -0.1) is 0 Å². The van der Waals surface area contributed by atoms with Gasteiger partial charge >= 0.3 is 11.8 Å². The number of nitrogens with one attached hydrogen (secondary N) is 2. The second kappa shape index (κ2) is 10.2. The van der Waals surface area contributed by atoms with Crippen molar-refractivity contribution >= 4 is 17.5 Å². The number of hydrogen-bond acceptors (Lipinski definition) is 6. The van der Waals surface area contributed by atoms with Gasteiger partial charge in [0.2, 0.25) is 0 Å². The number of carbonyl (C=O) groups excluding carboxylic acids is 2.